The normalized spacial score (nSPS) is 13.8. The van der Waals surface area contributed by atoms with E-state index in [1.165, 1.54) is 18.4 Å². The van der Waals surface area contributed by atoms with Crippen molar-refractivity contribution in [2.75, 3.05) is 5.32 Å². The van der Waals surface area contributed by atoms with Crippen molar-refractivity contribution in [3.8, 4) is 17.3 Å². The summed E-state index contributed by atoms with van der Waals surface area (Å²) in [5, 5.41) is 12.6. The van der Waals surface area contributed by atoms with Gasteiger partial charge in [-0.05, 0) is 38.3 Å². The van der Waals surface area contributed by atoms with E-state index in [-0.39, 0.29) is 0 Å². The van der Waals surface area contributed by atoms with E-state index in [0.717, 1.165) is 22.6 Å². The number of anilines is 1. The smallest absolute Gasteiger partial charge is 0.144 e. The van der Waals surface area contributed by atoms with Gasteiger partial charge in [-0.3, -0.25) is 0 Å². The van der Waals surface area contributed by atoms with Gasteiger partial charge in [-0.15, -0.1) is 0 Å². The van der Waals surface area contributed by atoms with Crippen LogP contribution in [0.2, 0.25) is 0 Å². The van der Waals surface area contributed by atoms with Gasteiger partial charge >= 0.3 is 0 Å². The van der Waals surface area contributed by atoms with Crippen molar-refractivity contribution >= 4 is 5.82 Å². The first kappa shape index (κ1) is 12.7. The average Bonchev–Trinajstić information content (AvgIpc) is 3.25. The van der Waals surface area contributed by atoms with Crippen molar-refractivity contribution in [2.24, 2.45) is 0 Å². The minimum absolute atomic E-state index is 0.489. The molecule has 3 rings (SSSR count). The van der Waals surface area contributed by atoms with Crippen LogP contribution in [0.5, 0.6) is 0 Å². The summed E-state index contributed by atoms with van der Waals surface area (Å²) in [7, 11) is 0. The molecule has 0 aliphatic heterocycles. The predicted octanol–water partition coefficient (Wildman–Crippen LogP) is 3.81. The molecule has 0 radical (unpaired) electrons. The maximum Gasteiger partial charge on any atom is 0.144 e. The maximum atomic E-state index is 9.24. The molecular weight excluding hydrogens is 246 g/mol. The first-order valence-electron chi connectivity index (χ1n) is 6.92. The van der Waals surface area contributed by atoms with Crippen molar-refractivity contribution in [1.82, 2.24) is 4.98 Å². The van der Waals surface area contributed by atoms with Gasteiger partial charge in [-0.1, -0.05) is 29.8 Å². The molecule has 1 aromatic carbocycles. The van der Waals surface area contributed by atoms with Crippen molar-refractivity contribution in [3.05, 3.63) is 47.0 Å². The summed E-state index contributed by atoms with van der Waals surface area (Å²) in [6.07, 6.45) is 2.33. The molecule has 0 bridgehead atoms. The highest BCUT2D eigenvalue weighted by atomic mass is 15.0. The number of nitrogens with zero attached hydrogens (tertiary/aromatic N) is 2. The second-order valence-electron chi connectivity index (χ2n) is 5.45. The third-order valence-electron chi connectivity index (χ3n) is 3.58. The summed E-state index contributed by atoms with van der Waals surface area (Å²) in [6.45, 7) is 4.08. The molecule has 1 fully saturated rings. The predicted molar refractivity (Wildman–Crippen MR) is 80.5 cm³/mol. The molecule has 0 atom stereocenters. The van der Waals surface area contributed by atoms with Gasteiger partial charge < -0.3 is 5.32 Å². The summed E-state index contributed by atoms with van der Waals surface area (Å²) in [6, 6.07) is 13.0. The Morgan fingerprint density at radius 2 is 1.90 bits per heavy atom. The molecule has 100 valence electrons. The first-order chi connectivity index (χ1) is 9.67. The van der Waals surface area contributed by atoms with Gasteiger partial charge in [-0.25, -0.2) is 4.98 Å². The summed E-state index contributed by atoms with van der Waals surface area (Å²) in [5.41, 5.74) is 4.94. The molecule has 3 heteroatoms. The van der Waals surface area contributed by atoms with Crippen molar-refractivity contribution in [3.63, 3.8) is 0 Å². The summed E-state index contributed by atoms with van der Waals surface area (Å²) >= 11 is 0. The molecule has 0 saturated heterocycles. The van der Waals surface area contributed by atoms with Crippen LogP contribution in [0.4, 0.5) is 5.82 Å². The highest BCUT2D eigenvalue weighted by Gasteiger charge is 2.23. The number of benzene rings is 1. The van der Waals surface area contributed by atoms with Gasteiger partial charge in [0.15, 0.2) is 0 Å². The highest BCUT2D eigenvalue weighted by Crippen LogP contribution is 2.29. The molecule has 1 aliphatic carbocycles. The van der Waals surface area contributed by atoms with E-state index in [2.05, 4.69) is 47.6 Å². The Bertz CT molecular complexity index is 677. The highest BCUT2D eigenvalue weighted by molar-refractivity contribution is 5.68. The van der Waals surface area contributed by atoms with E-state index in [0.29, 0.717) is 11.6 Å². The molecule has 20 heavy (non-hydrogen) atoms. The van der Waals surface area contributed by atoms with Crippen LogP contribution >= 0.6 is 0 Å². The number of pyridine rings is 1. The molecule has 1 heterocycles. The lowest BCUT2D eigenvalue weighted by Crippen LogP contribution is -2.06. The van der Waals surface area contributed by atoms with E-state index >= 15 is 0 Å². The van der Waals surface area contributed by atoms with Crippen molar-refractivity contribution in [1.29, 1.82) is 5.26 Å². The van der Waals surface area contributed by atoms with Crippen LogP contribution in [0.1, 0.15) is 29.5 Å². The fourth-order valence-electron chi connectivity index (χ4n) is 2.23. The van der Waals surface area contributed by atoms with E-state index < -0.39 is 0 Å². The number of nitriles is 1. The quantitative estimate of drug-likeness (QED) is 0.916. The second kappa shape index (κ2) is 4.97. The molecule has 2 aromatic rings. The Morgan fingerprint density at radius 3 is 2.50 bits per heavy atom. The third kappa shape index (κ3) is 2.50. The van der Waals surface area contributed by atoms with Gasteiger partial charge in [0.25, 0.3) is 0 Å². The molecular formula is C17H17N3. The number of rotatable bonds is 3. The fraction of sp³-hybridized carbons (Fsp3) is 0.294. The molecule has 1 saturated carbocycles. The number of aromatic nitrogens is 1. The van der Waals surface area contributed by atoms with Crippen molar-refractivity contribution in [2.45, 2.75) is 32.7 Å². The van der Waals surface area contributed by atoms with Crippen LogP contribution in [-0.2, 0) is 0 Å². The topological polar surface area (TPSA) is 48.7 Å². The number of nitrogens with one attached hydrogen (secondary N) is 1. The first-order valence-corrected chi connectivity index (χ1v) is 6.92. The molecule has 1 aromatic heterocycles. The van der Waals surface area contributed by atoms with Gasteiger partial charge in [0.1, 0.15) is 11.9 Å². The summed E-state index contributed by atoms with van der Waals surface area (Å²) in [4.78, 5) is 4.69. The van der Waals surface area contributed by atoms with Crippen LogP contribution < -0.4 is 5.32 Å². The minimum atomic E-state index is 0.489. The lowest BCUT2D eigenvalue weighted by atomic mass is 10.0. The van der Waals surface area contributed by atoms with Crippen LogP contribution in [-0.4, -0.2) is 11.0 Å². The maximum absolute atomic E-state index is 9.24. The Kier molecular flexibility index (Phi) is 3.15. The molecule has 3 nitrogen and oxygen atoms in total. The van der Waals surface area contributed by atoms with E-state index in [1.807, 2.05) is 13.0 Å². The van der Waals surface area contributed by atoms with Crippen LogP contribution in [0.15, 0.2) is 30.3 Å². The van der Waals surface area contributed by atoms with Crippen molar-refractivity contribution < 1.29 is 0 Å². The molecule has 0 spiro atoms. The second-order valence-corrected chi connectivity index (χ2v) is 5.45. The molecule has 1 aliphatic rings. The molecule has 1 N–H and O–H groups in total. The lowest BCUT2D eigenvalue weighted by molar-refractivity contribution is 1.10. The van der Waals surface area contributed by atoms with Gasteiger partial charge in [0.05, 0.1) is 11.3 Å². The van der Waals surface area contributed by atoms with Crippen LogP contribution in [0, 0.1) is 25.2 Å². The fourth-order valence-corrected chi connectivity index (χ4v) is 2.23. The molecule has 0 amide bonds. The largest absolute Gasteiger partial charge is 0.366 e. The number of hydrogen-bond donors (Lipinski definition) is 1. The van der Waals surface area contributed by atoms with Crippen LogP contribution in [0.3, 0.4) is 0 Å². The van der Waals surface area contributed by atoms with E-state index in [4.69, 9.17) is 0 Å². The summed E-state index contributed by atoms with van der Waals surface area (Å²) < 4.78 is 0. The lowest BCUT2D eigenvalue weighted by Gasteiger charge is -2.11. The summed E-state index contributed by atoms with van der Waals surface area (Å²) in [5.74, 6) is 0.719. The van der Waals surface area contributed by atoms with Gasteiger partial charge in [-0.2, -0.15) is 5.26 Å². The number of aryl methyl sites for hydroxylation is 2. The third-order valence-corrected chi connectivity index (χ3v) is 3.58. The van der Waals surface area contributed by atoms with E-state index in [9.17, 15) is 5.26 Å². The Balaban J connectivity index is 2.05. The monoisotopic (exact) mass is 263 g/mol. The Hall–Kier alpha value is -2.34. The van der Waals surface area contributed by atoms with Gasteiger partial charge in [0, 0.05) is 11.6 Å². The minimum Gasteiger partial charge on any atom is -0.366 e. The number of hydrogen-bond acceptors (Lipinski definition) is 3. The standard InChI is InChI=1S/C17H17N3/c1-11-3-5-13(6-4-11)16-12(2)9-14(10-18)17(20-16)19-15-7-8-15/h3-6,9,15H,7-8H2,1-2H3,(H,19,20). The zero-order valence-electron chi connectivity index (χ0n) is 11.8. The zero-order valence-corrected chi connectivity index (χ0v) is 11.8. The zero-order chi connectivity index (χ0) is 14.1. The van der Waals surface area contributed by atoms with E-state index in [1.54, 1.807) is 0 Å². The Labute approximate surface area is 119 Å². The SMILES string of the molecule is Cc1ccc(-c2nc(NC3CC3)c(C#N)cc2C)cc1. The Morgan fingerprint density at radius 1 is 1.20 bits per heavy atom. The average molecular weight is 263 g/mol. The van der Waals surface area contributed by atoms with Crippen LogP contribution in [0.25, 0.3) is 11.3 Å². The molecule has 0 unspecified atom stereocenters. The van der Waals surface area contributed by atoms with Gasteiger partial charge in [0.2, 0.25) is 0 Å².